The lowest BCUT2D eigenvalue weighted by atomic mass is 10.3. The molecule has 0 unspecified atom stereocenters. The standard InChI is InChI=1S/C11H12ClN3OS2/c1-3-8-10(18-14-13-8)11(16)15(2)6-7-4-5-9(12)17-7/h4-5H,3,6H2,1-2H3. The van der Waals surface area contributed by atoms with Crippen LogP contribution in [-0.4, -0.2) is 27.4 Å². The maximum atomic E-state index is 12.2. The monoisotopic (exact) mass is 301 g/mol. The van der Waals surface area contributed by atoms with E-state index in [2.05, 4.69) is 9.59 Å². The van der Waals surface area contributed by atoms with Gasteiger partial charge in [0.15, 0.2) is 0 Å². The largest absolute Gasteiger partial charge is 0.336 e. The maximum absolute atomic E-state index is 12.2. The van der Waals surface area contributed by atoms with Crippen LogP contribution in [0.3, 0.4) is 0 Å². The minimum absolute atomic E-state index is 0.0358. The summed E-state index contributed by atoms with van der Waals surface area (Å²) in [6.45, 7) is 2.52. The summed E-state index contributed by atoms with van der Waals surface area (Å²) in [5, 5.41) is 3.95. The number of aromatic nitrogens is 2. The van der Waals surface area contributed by atoms with Crippen LogP contribution in [0.1, 0.15) is 27.2 Å². The zero-order valence-electron chi connectivity index (χ0n) is 10.0. The summed E-state index contributed by atoms with van der Waals surface area (Å²) in [6, 6.07) is 3.77. The highest BCUT2D eigenvalue weighted by molar-refractivity contribution is 7.16. The fourth-order valence-corrected chi connectivity index (χ4v) is 3.40. The summed E-state index contributed by atoms with van der Waals surface area (Å²) in [7, 11) is 1.77. The quantitative estimate of drug-likeness (QED) is 0.872. The zero-order chi connectivity index (χ0) is 13.1. The number of thiophene rings is 1. The van der Waals surface area contributed by atoms with E-state index >= 15 is 0 Å². The number of hydrogen-bond donors (Lipinski definition) is 0. The second kappa shape index (κ2) is 5.77. The van der Waals surface area contributed by atoms with Crippen molar-refractivity contribution < 1.29 is 4.79 Å². The highest BCUT2D eigenvalue weighted by atomic mass is 35.5. The number of halogens is 1. The van der Waals surface area contributed by atoms with E-state index < -0.39 is 0 Å². The number of nitrogens with zero attached hydrogens (tertiary/aromatic N) is 3. The van der Waals surface area contributed by atoms with Gasteiger partial charge in [0.2, 0.25) is 0 Å². The molecule has 0 bridgehead atoms. The second-order valence-electron chi connectivity index (χ2n) is 3.77. The molecule has 0 saturated carbocycles. The summed E-state index contributed by atoms with van der Waals surface area (Å²) in [5.74, 6) is -0.0358. The first kappa shape index (κ1) is 13.5. The Labute approximate surface area is 118 Å². The van der Waals surface area contributed by atoms with Gasteiger partial charge in [0.1, 0.15) is 4.88 Å². The van der Waals surface area contributed by atoms with Gasteiger partial charge in [-0.25, -0.2) is 0 Å². The van der Waals surface area contributed by atoms with Gasteiger partial charge in [-0.3, -0.25) is 4.79 Å². The van der Waals surface area contributed by atoms with Crippen LogP contribution < -0.4 is 0 Å². The molecule has 0 spiro atoms. The Morgan fingerprint density at radius 2 is 2.28 bits per heavy atom. The molecule has 0 fully saturated rings. The Bertz CT molecular complexity index is 552. The zero-order valence-corrected chi connectivity index (χ0v) is 12.4. The van der Waals surface area contributed by atoms with Crippen molar-refractivity contribution in [3.05, 3.63) is 31.9 Å². The van der Waals surface area contributed by atoms with E-state index in [9.17, 15) is 4.79 Å². The maximum Gasteiger partial charge on any atom is 0.267 e. The average Bonchev–Trinajstić information content (AvgIpc) is 2.96. The number of carbonyl (C=O) groups is 1. The number of amides is 1. The van der Waals surface area contributed by atoms with Gasteiger partial charge < -0.3 is 4.90 Å². The van der Waals surface area contributed by atoms with E-state index in [0.29, 0.717) is 11.4 Å². The third-order valence-electron chi connectivity index (χ3n) is 2.45. The molecule has 2 heterocycles. The van der Waals surface area contributed by atoms with Gasteiger partial charge in [0, 0.05) is 11.9 Å². The number of carbonyl (C=O) groups excluding carboxylic acids is 1. The van der Waals surface area contributed by atoms with Gasteiger partial charge in [0.25, 0.3) is 5.91 Å². The number of hydrogen-bond acceptors (Lipinski definition) is 5. The first-order valence-electron chi connectivity index (χ1n) is 5.42. The van der Waals surface area contributed by atoms with Crippen molar-refractivity contribution in [2.75, 3.05) is 7.05 Å². The van der Waals surface area contributed by atoms with Crippen LogP contribution in [-0.2, 0) is 13.0 Å². The normalized spacial score (nSPS) is 10.6. The number of rotatable bonds is 4. The smallest absolute Gasteiger partial charge is 0.267 e. The molecule has 0 aliphatic rings. The first-order chi connectivity index (χ1) is 8.61. The van der Waals surface area contributed by atoms with E-state index in [1.54, 1.807) is 11.9 Å². The van der Waals surface area contributed by atoms with Gasteiger partial charge in [-0.1, -0.05) is 23.0 Å². The molecule has 96 valence electrons. The van der Waals surface area contributed by atoms with Gasteiger partial charge >= 0.3 is 0 Å². The topological polar surface area (TPSA) is 46.1 Å². The molecule has 7 heteroatoms. The predicted molar refractivity (Wildman–Crippen MR) is 74.4 cm³/mol. The van der Waals surface area contributed by atoms with Crippen LogP contribution in [0, 0.1) is 0 Å². The van der Waals surface area contributed by atoms with Crippen LogP contribution >= 0.6 is 34.5 Å². The first-order valence-corrected chi connectivity index (χ1v) is 7.39. The molecule has 0 aliphatic carbocycles. The van der Waals surface area contributed by atoms with E-state index in [-0.39, 0.29) is 5.91 Å². The summed E-state index contributed by atoms with van der Waals surface area (Å²) in [4.78, 5) is 15.6. The van der Waals surface area contributed by atoms with Crippen LogP contribution in [0.4, 0.5) is 0 Å². The summed E-state index contributed by atoms with van der Waals surface area (Å²) < 4.78 is 4.57. The van der Waals surface area contributed by atoms with Crippen molar-refractivity contribution in [2.45, 2.75) is 19.9 Å². The van der Waals surface area contributed by atoms with Crippen molar-refractivity contribution in [3.63, 3.8) is 0 Å². The Morgan fingerprint density at radius 1 is 1.50 bits per heavy atom. The van der Waals surface area contributed by atoms with Crippen molar-refractivity contribution in [2.24, 2.45) is 0 Å². The van der Waals surface area contributed by atoms with Crippen LogP contribution in [0.15, 0.2) is 12.1 Å². The van der Waals surface area contributed by atoms with Crippen LogP contribution in [0.2, 0.25) is 4.34 Å². The van der Waals surface area contributed by atoms with Gasteiger partial charge in [-0.15, -0.1) is 16.4 Å². The van der Waals surface area contributed by atoms with Crippen molar-refractivity contribution in [1.82, 2.24) is 14.5 Å². The molecule has 2 aromatic rings. The molecule has 0 saturated heterocycles. The Morgan fingerprint density at radius 3 is 2.89 bits per heavy atom. The van der Waals surface area contributed by atoms with Crippen molar-refractivity contribution in [1.29, 1.82) is 0 Å². The molecule has 2 aromatic heterocycles. The molecule has 4 nitrogen and oxygen atoms in total. The molecular weight excluding hydrogens is 290 g/mol. The lowest BCUT2D eigenvalue weighted by molar-refractivity contribution is 0.0790. The fraction of sp³-hybridized carbons (Fsp3) is 0.364. The molecular formula is C11H12ClN3OS2. The van der Waals surface area contributed by atoms with Crippen molar-refractivity contribution in [3.8, 4) is 0 Å². The molecule has 0 aromatic carbocycles. The fourth-order valence-electron chi connectivity index (χ4n) is 1.52. The van der Waals surface area contributed by atoms with E-state index in [4.69, 9.17) is 11.6 Å². The SMILES string of the molecule is CCc1nnsc1C(=O)N(C)Cc1ccc(Cl)s1. The number of aryl methyl sites for hydroxylation is 1. The average molecular weight is 302 g/mol. The highest BCUT2D eigenvalue weighted by Gasteiger charge is 2.19. The third kappa shape index (κ3) is 2.88. The second-order valence-corrected chi connectivity index (χ2v) is 6.32. The summed E-state index contributed by atoms with van der Waals surface area (Å²) in [6.07, 6.45) is 0.718. The molecule has 0 radical (unpaired) electrons. The van der Waals surface area contributed by atoms with E-state index in [1.807, 2.05) is 19.1 Å². The summed E-state index contributed by atoms with van der Waals surface area (Å²) in [5.41, 5.74) is 0.765. The molecule has 18 heavy (non-hydrogen) atoms. The third-order valence-corrected chi connectivity index (χ3v) is 4.43. The lowest BCUT2D eigenvalue weighted by Gasteiger charge is -2.15. The molecule has 1 amide bonds. The van der Waals surface area contributed by atoms with Gasteiger partial charge in [0.05, 0.1) is 16.6 Å². The van der Waals surface area contributed by atoms with Gasteiger partial charge in [-0.2, -0.15) is 0 Å². The summed E-state index contributed by atoms with van der Waals surface area (Å²) >= 11 is 8.50. The minimum Gasteiger partial charge on any atom is -0.336 e. The Balaban J connectivity index is 2.09. The Kier molecular flexibility index (Phi) is 4.31. The highest BCUT2D eigenvalue weighted by Crippen LogP contribution is 2.23. The lowest BCUT2D eigenvalue weighted by Crippen LogP contribution is -2.25. The van der Waals surface area contributed by atoms with Crippen molar-refractivity contribution >= 4 is 40.4 Å². The molecule has 2 rings (SSSR count). The molecule has 0 atom stereocenters. The van der Waals surface area contributed by atoms with Gasteiger partial charge in [-0.05, 0) is 30.1 Å². The minimum atomic E-state index is -0.0358. The van der Waals surface area contributed by atoms with Crippen LogP contribution in [0.5, 0.6) is 0 Å². The molecule has 0 aliphatic heterocycles. The Hall–Kier alpha value is -0.980. The van der Waals surface area contributed by atoms with Crippen LogP contribution in [0.25, 0.3) is 0 Å². The van der Waals surface area contributed by atoms with E-state index in [0.717, 1.165) is 32.9 Å². The predicted octanol–water partition coefficient (Wildman–Crippen LogP) is 3.09. The molecule has 0 N–H and O–H groups in total. The van der Waals surface area contributed by atoms with E-state index in [1.165, 1.54) is 11.3 Å².